The van der Waals surface area contributed by atoms with Crippen molar-refractivity contribution in [1.29, 1.82) is 0 Å². The molecule has 0 saturated carbocycles. The highest BCUT2D eigenvalue weighted by Gasteiger charge is 2.21. The Kier molecular flexibility index (Phi) is 5.53. The van der Waals surface area contributed by atoms with Gasteiger partial charge in [0, 0.05) is 13.0 Å². The Morgan fingerprint density at radius 2 is 1.85 bits per heavy atom. The van der Waals surface area contributed by atoms with Crippen LogP contribution in [0.3, 0.4) is 0 Å². The maximum Gasteiger partial charge on any atom is 0.241 e. The highest BCUT2D eigenvalue weighted by molar-refractivity contribution is 7.89. The first-order chi connectivity index (χ1) is 12.8. The standard InChI is InChI=1S/C20H24N2O4S/c1-13(16-8-7-15-5-4-6-17(15)11-16)22-27(24,25)18-9-10-20(26-3)19(12-18)21-14(2)23/h7-13,22H,4-6H2,1-3H3,(H,21,23)/t13-/m0/s1. The van der Waals surface area contributed by atoms with Crippen molar-refractivity contribution in [1.82, 2.24) is 4.72 Å². The quantitative estimate of drug-likeness (QED) is 0.796. The second-order valence-corrected chi connectivity index (χ2v) is 8.48. The highest BCUT2D eigenvalue weighted by Crippen LogP contribution is 2.29. The van der Waals surface area contributed by atoms with E-state index in [4.69, 9.17) is 4.74 Å². The molecule has 7 heteroatoms. The SMILES string of the molecule is COc1ccc(S(=O)(=O)N[C@@H](C)c2ccc3c(c2)CCC3)cc1NC(C)=O. The van der Waals surface area contributed by atoms with E-state index >= 15 is 0 Å². The number of ether oxygens (including phenoxy) is 1. The molecule has 0 spiro atoms. The van der Waals surface area contributed by atoms with Crippen molar-refractivity contribution in [2.45, 2.75) is 44.0 Å². The summed E-state index contributed by atoms with van der Waals surface area (Å²) in [4.78, 5) is 11.4. The Morgan fingerprint density at radius 1 is 1.11 bits per heavy atom. The minimum Gasteiger partial charge on any atom is -0.495 e. The number of rotatable bonds is 6. The van der Waals surface area contributed by atoms with Gasteiger partial charge in [0.05, 0.1) is 17.7 Å². The first-order valence-corrected chi connectivity index (χ1v) is 10.4. The number of anilines is 1. The lowest BCUT2D eigenvalue weighted by molar-refractivity contribution is -0.114. The smallest absolute Gasteiger partial charge is 0.241 e. The lowest BCUT2D eigenvalue weighted by Crippen LogP contribution is -2.27. The van der Waals surface area contributed by atoms with Gasteiger partial charge in [-0.2, -0.15) is 0 Å². The average Bonchev–Trinajstić information content (AvgIpc) is 3.08. The molecule has 0 heterocycles. The third kappa shape index (κ3) is 4.31. The van der Waals surface area contributed by atoms with E-state index in [0.29, 0.717) is 11.4 Å². The van der Waals surface area contributed by atoms with Gasteiger partial charge in [-0.1, -0.05) is 18.2 Å². The fraction of sp³-hybridized carbons (Fsp3) is 0.350. The van der Waals surface area contributed by atoms with Crippen molar-refractivity contribution in [3.63, 3.8) is 0 Å². The van der Waals surface area contributed by atoms with E-state index in [2.05, 4.69) is 22.2 Å². The number of fused-ring (bicyclic) bond motifs is 1. The molecule has 0 aliphatic heterocycles. The molecule has 27 heavy (non-hydrogen) atoms. The molecule has 1 aliphatic carbocycles. The van der Waals surface area contributed by atoms with Crippen LogP contribution in [0.2, 0.25) is 0 Å². The Morgan fingerprint density at radius 3 is 2.56 bits per heavy atom. The van der Waals surface area contributed by atoms with Gasteiger partial charge in [-0.3, -0.25) is 4.79 Å². The van der Waals surface area contributed by atoms with E-state index in [1.807, 2.05) is 13.0 Å². The monoisotopic (exact) mass is 388 g/mol. The molecule has 2 aromatic carbocycles. The lowest BCUT2D eigenvalue weighted by Gasteiger charge is -2.17. The summed E-state index contributed by atoms with van der Waals surface area (Å²) < 4.78 is 33.5. The summed E-state index contributed by atoms with van der Waals surface area (Å²) in [5.74, 6) is 0.0955. The molecule has 1 aliphatic rings. The molecule has 0 bridgehead atoms. The van der Waals surface area contributed by atoms with Crippen molar-refractivity contribution in [3.8, 4) is 5.75 Å². The van der Waals surface area contributed by atoms with Gasteiger partial charge in [0.2, 0.25) is 15.9 Å². The normalized spacial score (nSPS) is 14.5. The third-order valence-electron chi connectivity index (χ3n) is 4.75. The van der Waals surface area contributed by atoms with Crippen LogP contribution in [0.25, 0.3) is 0 Å². The number of nitrogens with one attached hydrogen (secondary N) is 2. The molecule has 0 fully saturated rings. The van der Waals surface area contributed by atoms with Crippen molar-refractivity contribution in [3.05, 3.63) is 53.1 Å². The van der Waals surface area contributed by atoms with Crippen LogP contribution in [0.4, 0.5) is 5.69 Å². The van der Waals surface area contributed by atoms with Crippen molar-refractivity contribution in [2.24, 2.45) is 0 Å². The summed E-state index contributed by atoms with van der Waals surface area (Å²) in [7, 11) is -2.30. The van der Waals surface area contributed by atoms with Crippen molar-refractivity contribution >= 4 is 21.6 Å². The number of carbonyl (C=O) groups excluding carboxylic acids is 1. The second-order valence-electron chi connectivity index (χ2n) is 6.77. The number of aryl methyl sites for hydroxylation is 2. The largest absolute Gasteiger partial charge is 0.495 e. The minimum atomic E-state index is -3.76. The number of benzene rings is 2. The number of carbonyl (C=O) groups is 1. The van der Waals surface area contributed by atoms with Crippen LogP contribution in [0.1, 0.15) is 43.0 Å². The molecule has 2 N–H and O–H groups in total. The number of hydrogen-bond acceptors (Lipinski definition) is 4. The highest BCUT2D eigenvalue weighted by atomic mass is 32.2. The Balaban J connectivity index is 1.84. The molecule has 0 unspecified atom stereocenters. The fourth-order valence-corrected chi connectivity index (χ4v) is 4.63. The van der Waals surface area contributed by atoms with E-state index in [1.54, 1.807) is 0 Å². The van der Waals surface area contributed by atoms with Crippen LogP contribution >= 0.6 is 0 Å². The number of hydrogen-bond donors (Lipinski definition) is 2. The molecule has 6 nitrogen and oxygen atoms in total. The Labute approximate surface area is 160 Å². The van der Waals surface area contributed by atoms with Crippen LogP contribution in [-0.2, 0) is 27.7 Å². The molecule has 2 aromatic rings. The van der Waals surface area contributed by atoms with Gasteiger partial charge in [0.15, 0.2) is 0 Å². The average molecular weight is 388 g/mol. The van der Waals surface area contributed by atoms with Crippen LogP contribution in [0, 0.1) is 0 Å². The van der Waals surface area contributed by atoms with Crippen LogP contribution in [0.5, 0.6) is 5.75 Å². The lowest BCUT2D eigenvalue weighted by atomic mass is 10.0. The maximum absolute atomic E-state index is 12.8. The minimum absolute atomic E-state index is 0.0695. The molecular weight excluding hydrogens is 364 g/mol. The Hall–Kier alpha value is -2.38. The van der Waals surface area contributed by atoms with Crippen LogP contribution in [0.15, 0.2) is 41.3 Å². The zero-order valence-electron chi connectivity index (χ0n) is 15.7. The second kappa shape index (κ2) is 7.70. The zero-order valence-corrected chi connectivity index (χ0v) is 16.5. The summed E-state index contributed by atoms with van der Waals surface area (Å²) in [6, 6.07) is 10.2. The Bertz CT molecular complexity index is 970. The predicted molar refractivity (Wildman–Crippen MR) is 105 cm³/mol. The van der Waals surface area contributed by atoms with Gasteiger partial charge in [-0.15, -0.1) is 0 Å². The summed E-state index contributed by atoms with van der Waals surface area (Å²) in [6.45, 7) is 3.18. The third-order valence-corrected chi connectivity index (χ3v) is 6.28. The van der Waals surface area contributed by atoms with E-state index in [1.165, 1.54) is 43.4 Å². The summed E-state index contributed by atoms with van der Waals surface area (Å²) >= 11 is 0. The van der Waals surface area contributed by atoms with Gasteiger partial charge in [-0.25, -0.2) is 13.1 Å². The summed E-state index contributed by atoms with van der Waals surface area (Å²) in [5.41, 5.74) is 3.91. The van der Waals surface area contributed by atoms with Crippen LogP contribution < -0.4 is 14.8 Å². The molecule has 0 aromatic heterocycles. The number of methoxy groups -OCH3 is 1. The first-order valence-electron chi connectivity index (χ1n) is 8.90. The maximum atomic E-state index is 12.8. The van der Waals surface area contributed by atoms with Gasteiger partial charge >= 0.3 is 0 Å². The first kappa shape index (κ1) is 19.4. The van der Waals surface area contributed by atoms with Gasteiger partial charge < -0.3 is 10.1 Å². The topological polar surface area (TPSA) is 84.5 Å². The van der Waals surface area contributed by atoms with Gasteiger partial charge in [0.1, 0.15) is 5.75 Å². The molecule has 144 valence electrons. The molecule has 3 rings (SSSR count). The van der Waals surface area contributed by atoms with E-state index in [9.17, 15) is 13.2 Å². The molecular formula is C20H24N2O4S. The summed E-state index contributed by atoms with van der Waals surface area (Å²) in [5, 5.41) is 2.59. The van der Waals surface area contributed by atoms with Gasteiger partial charge in [0.25, 0.3) is 0 Å². The molecule has 1 amide bonds. The predicted octanol–water partition coefficient (Wildman–Crippen LogP) is 3.18. The summed E-state index contributed by atoms with van der Waals surface area (Å²) in [6.07, 6.45) is 3.28. The van der Waals surface area contributed by atoms with E-state index < -0.39 is 10.0 Å². The fourth-order valence-electron chi connectivity index (χ4n) is 3.37. The van der Waals surface area contributed by atoms with E-state index in [-0.39, 0.29) is 16.8 Å². The number of sulfonamides is 1. The van der Waals surface area contributed by atoms with Gasteiger partial charge in [-0.05, 0) is 61.1 Å². The molecule has 0 saturated heterocycles. The number of amides is 1. The van der Waals surface area contributed by atoms with Crippen LogP contribution in [-0.4, -0.2) is 21.4 Å². The van der Waals surface area contributed by atoms with Crippen molar-refractivity contribution < 1.29 is 17.9 Å². The molecule has 1 atom stereocenters. The molecule has 0 radical (unpaired) electrons. The van der Waals surface area contributed by atoms with Crippen molar-refractivity contribution in [2.75, 3.05) is 12.4 Å². The zero-order chi connectivity index (χ0) is 19.6. The van der Waals surface area contributed by atoms with E-state index in [0.717, 1.165) is 24.8 Å².